The number of halogens is 1. The van der Waals surface area contributed by atoms with E-state index in [1.165, 1.54) is 0 Å². The van der Waals surface area contributed by atoms with Gasteiger partial charge in [0.25, 0.3) is 0 Å². The fourth-order valence-electron chi connectivity index (χ4n) is 1.99. The number of carbonyl (C=O) groups is 2. The molecule has 0 radical (unpaired) electrons. The molecule has 102 valence electrons. The van der Waals surface area contributed by atoms with Crippen LogP contribution in [0.4, 0.5) is 0 Å². The molecule has 1 fully saturated rings. The smallest absolute Gasteiger partial charge is 0.308 e. The minimum Gasteiger partial charge on any atom is -0.461 e. The average molecular weight is 283 g/mol. The molecule has 1 amide bonds. The number of carbonyl (C=O) groups excluding carboxylic acids is 2. The van der Waals surface area contributed by atoms with Crippen LogP contribution in [0.2, 0.25) is 0 Å². The molecule has 1 aromatic carbocycles. The van der Waals surface area contributed by atoms with E-state index < -0.39 is 0 Å². The molecule has 2 rings (SSSR count). The summed E-state index contributed by atoms with van der Waals surface area (Å²) in [5.74, 6) is -0.466. The third-order valence-corrected chi connectivity index (χ3v) is 3.29. The molecule has 19 heavy (non-hydrogen) atoms. The lowest BCUT2D eigenvalue weighted by atomic mass is 10.1. The van der Waals surface area contributed by atoms with Crippen LogP contribution in [0.1, 0.15) is 18.4 Å². The van der Waals surface area contributed by atoms with Crippen LogP contribution in [0, 0.1) is 0 Å². The van der Waals surface area contributed by atoms with Gasteiger partial charge in [0.1, 0.15) is 6.61 Å². The highest BCUT2D eigenvalue weighted by atomic mass is 35.5. The molecule has 0 saturated carbocycles. The Morgan fingerprint density at radius 2 is 2.16 bits per heavy atom. The molecular formula is C13H15ClN2O3. The number of nitrogens with one attached hydrogen (secondary N) is 2. The molecule has 1 aromatic rings. The predicted octanol–water partition coefficient (Wildman–Crippen LogP) is 1.12. The first-order valence-corrected chi connectivity index (χ1v) is 6.42. The lowest BCUT2D eigenvalue weighted by molar-refractivity contribution is -0.145. The Bertz CT molecular complexity index is 452. The van der Waals surface area contributed by atoms with Crippen LogP contribution in [0.15, 0.2) is 30.3 Å². The van der Waals surface area contributed by atoms with E-state index in [0.717, 1.165) is 5.56 Å². The number of hydrogen-bond donors (Lipinski definition) is 2. The number of rotatable bonds is 5. The normalized spacial score (nSPS) is 22.1. The summed E-state index contributed by atoms with van der Waals surface area (Å²) >= 11 is 5.53. The second-order valence-corrected chi connectivity index (χ2v) is 4.66. The molecule has 6 heteroatoms. The molecular weight excluding hydrogens is 268 g/mol. The Balaban J connectivity index is 1.80. The molecule has 0 bridgehead atoms. The van der Waals surface area contributed by atoms with Crippen molar-refractivity contribution in [2.75, 3.05) is 0 Å². The highest BCUT2D eigenvalue weighted by Crippen LogP contribution is 2.13. The molecule has 0 aliphatic carbocycles. The molecule has 0 aromatic heterocycles. The van der Waals surface area contributed by atoms with E-state index in [0.29, 0.717) is 0 Å². The van der Waals surface area contributed by atoms with E-state index >= 15 is 0 Å². The van der Waals surface area contributed by atoms with Crippen molar-refractivity contribution in [1.82, 2.24) is 10.2 Å². The van der Waals surface area contributed by atoms with Crippen molar-refractivity contribution in [2.24, 2.45) is 0 Å². The lowest BCUT2D eigenvalue weighted by Gasteiger charge is -2.16. The highest BCUT2D eigenvalue weighted by molar-refractivity contribution is 6.13. The Labute approximate surface area is 116 Å². The lowest BCUT2D eigenvalue weighted by Crippen LogP contribution is -2.39. The van der Waals surface area contributed by atoms with Crippen molar-refractivity contribution in [3.05, 3.63) is 35.9 Å². The van der Waals surface area contributed by atoms with Gasteiger partial charge in [-0.1, -0.05) is 30.3 Å². The van der Waals surface area contributed by atoms with Crippen molar-refractivity contribution < 1.29 is 14.3 Å². The van der Waals surface area contributed by atoms with Gasteiger partial charge in [-0.3, -0.25) is 9.59 Å². The standard InChI is InChI=1S/C13H15ClN2O3/c14-16-11-6-12(17)15-10(11)7-13(18)19-8-9-4-2-1-3-5-9/h1-5,10-11,16H,6-8H2,(H,15,17)/t10-,11+/m1/s1. The molecule has 2 N–H and O–H groups in total. The van der Waals surface area contributed by atoms with Crippen molar-refractivity contribution in [3.63, 3.8) is 0 Å². The molecule has 0 spiro atoms. The number of hydrogen-bond acceptors (Lipinski definition) is 4. The Hall–Kier alpha value is -1.59. The first-order chi connectivity index (χ1) is 9.19. The van der Waals surface area contributed by atoms with Crippen LogP contribution in [0.25, 0.3) is 0 Å². The van der Waals surface area contributed by atoms with Crippen molar-refractivity contribution >= 4 is 23.7 Å². The van der Waals surface area contributed by atoms with Crippen LogP contribution in [0.3, 0.4) is 0 Å². The van der Waals surface area contributed by atoms with Gasteiger partial charge in [0.2, 0.25) is 5.91 Å². The summed E-state index contributed by atoms with van der Waals surface area (Å²) in [6.07, 6.45) is 0.392. The number of ether oxygens (including phenoxy) is 1. The van der Waals surface area contributed by atoms with Crippen LogP contribution >= 0.6 is 11.8 Å². The fourth-order valence-corrected chi connectivity index (χ4v) is 2.22. The van der Waals surface area contributed by atoms with Crippen LogP contribution in [-0.2, 0) is 20.9 Å². The Morgan fingerprint density at radius 3 is 2.84 bits per heavy atom. The van der Waals surface area contributed by atoms with Gasteiger partial charge in [-0.2, -0.15) is 0 Å². The topological polar surface area (TPSA) is 67.4 Å². The second-order valence-electron chi connectivity index (χ2n) is 4.44. The van der Waals surface area contributed by atoms with E-state index in [-0.39, 0.29) is 43.4 Å². The third-order valence-electron chi connectivity index (χ3n) is 3.01. The summed E-state index contributed by atoms with van der Waals surface area (Å²) in [7, 11) is 0. The first kappa shape index (κ1) is 13.8. The van der Waals surface area contributed by atoms with Gasteiger partial charge in [-0.15, -0.1) is 0 Å². The van der Waals surface area contributed by atoms with E-state index in [9.17, 15) is 9.59 Å². The van der Waals surface area contributed by atoms with Gasteiger partial charge >= 0.3 is 5.97 Å². The minimum absolute atomic E-state index is 0.112. The highest BCUT2D eigenvalue weighted by Gasteiger charge is 2.33. The minimum atomic E-state index is -0.354. The zero-order chi connectivity index (χ0) is 13.7. The summed E-state index contributed by atoms with van der Waals surface area (Å²) in [4.78, 5) is 25.4. The van der Waals surface area contributed by atoms with Gasteiger partial charge in [0.05, 0.1) is 18.5 Å². The largest absolute Gasteiger partial charge is 0.461 e. The van der Waals surface area contributed by atoms with Gasteiger partial charge in [-0.25, -0.2) is 4.84 Å². The second kappa shape index (κ2) is 6.54. The molecule has 1 saturated heterocycles. The molecule has 2 atom stereocenters. The maximum Gasteiger partial charge on any atom is 0.308 e. The Kier molecular flexibility index (Phi) is 4.76. The van der Waals surface area contributed by atoms with Crippen molar-refractivity contribution in [1.29, 1.82) is 0 Å². The monoisotopic (exact) mass is 282 g/mol. The van der Waals surface area contributed by atoms with Crippen molar-refractivity contribution in [2.45, 2.75) is 31.5 Å². The number of esters is 1. The molecule has 0 unspecified atom stereocenters. The van der Waals surface area contributed by atoms with Gasteiger partial charge in [0.15, 0.2) is 0 Å². The summed E-state index contributed by atoms with van der Waals surface area (Å²) in [5.41, 5.74) is 0.929. The maximum atomic E-state index is 11.7. The number of benzene rings is 1. The SMILES string of the molecule is O=C1C[C@H](NCl)[C@@H](CC(=O)OCc2ccccc2)N1. The van der Waals surface area contributed by atoms with E-state index in [1.54, 1.807) is 0 Å². The fraction of sp³-hybridized carbons (Fsp3) is 0.385. The molecule has 5 nitrogen and oxygen atoms in total. The summed E-state index contributed by atoms with van der Waals surface area (Å²) < 4.78 is 5.16. The Morgan fingerprint density at radius 1 is 1.42 bits per heavy atom. The number of amides is 1. The summed E-state index contributed by atoms with van der Waals surface area (Å²) in [6.45, 7) is 0.235. The maximum absolute atomic E-state index is 11.7. The van der Waals surface area contributed by atoms with E-state index in [1.807, 2.05) is 30.3 Å². The van der Waals surface area contributed by atoms with Crippen LogP contribution < -0.4 is 10.2 Å². The van der Waals surface area contributed by atoms with Crippen LogP contribution in [-0.4, -0.2) is 24.0 Å². The van der Waals surface area contributed by atoms with E-state index in [4.69, 9.17) is 16.5 Å². The quantitative estimate of drug-likeness (QED) is 0.627. The third kappa shape index (κ3) is 3.94. The predicted molar refractivity (Wildman–Crippen MR) is 70.2 cm³/mol. The van der Waals surface area contributed by atoms with Crippen molar-refractivity contribution in [3.8, 4) is 0 Å². The van der Waals surface area contributed by atoms with Gasteiger partial charge < -0.3 is 10.1 Å². The van der Waals surface area contributed by atoms with Gasteiger partial charge in [0, 0.05) is 6.42 Å². The molecule has 1 heterocycles. The molecule has 1 aliphatic heterocycles. The first-order valence-electron chi connectivity index (χ1n) is 6.04. The zero-order valence-electron chi connectivity index (χ0n) is 10.3. The van der Waals surface area contributed by atoms with Gasteiger partial charge in [-0.05, 0) is 17.3 Å². The summed E-state index contributed by atoms with van der Waals surface area (Å²) in [6, 6.07) is 8.88. The van der Waals surface area contributed by atoms with E-state index in [2.05, 4.69) is 10.2 Å². The molecule has 1 aliphatic rings. The zero-order valence-corrected chi connectivity index (χ0v) is 11.0. The average Bonchev–Trinajstić information content (AvgIpc) is 2.77. The van der Waals surface area contributed by atoms with Crippen LogP contribution in [0.5, 0.6) is 0 Å². The summed E-state index contributed by atoms with van der Waals surface area (Å²) in [5, 5.41) is 2.70.